The van der Waals surface area contributed by atoms with Crippen molar-refractivity contribution in [2.45, 2.75) is 31.9 Å². The average Bonchev–Trinajstić information content (AvgIpc) is 3.40. The molecule has 1 aliphatic rings. The second-order valence-corrected chi connectivity index (χ2v) is 8.82. The molecular formula is C21H24ClN7O2S. The summed E-state index contributed by atoms with van der Waals surface area (Å²) in [5, 5.41) is 9.25. The van der Waals surface area contributed by atoms with E-state index in [4.69, 9.17) is 16.3 Å². The molecule has 1 saturated heterocycles. The standard InChI is InChI=1S/C21H24ClN7O2S/c1-13-7-23-10-19(26-13)29-11-17(31-2)6-16(29)9-25-20(30)5-15-12-32-21(27-15)28-18-4-3-14(22)8-24-18/h3-4,7-8,10,12,16-17H,5-6,9,11H2,1-2H3,(H,25,30)(H,24,27,28)/t16-,17-/m1/s1. The van der Waals surface area contributed by atoms with Gasteiger partial charge in [0.1, 0.15) is 11.6 Å². The average molecular weight is 474 g/mol. The number of nitrogens with zero attached hydrogens (tertiary/aromatic N) is 5. The predicted molar refractivity (Wildman–Crippen MR) is 125 cm³/mol. The van der Waals surface area contributed by atoms with E-state index in [1.165, 1.54) is 11.3 Å². The highest BCUT2D eigenvalue weighted by molar-refractivity contribution is 7.13. The minimum absolute atomic E-state index is 0.0809. The van der Waals surface area contributed by atoms with Crippen molar-refractivity contribution in [2.75, 3.05) is 30.4 Å². The van der Waals surface area contributed by atoms with Gasteiger partial charge < -0.3 is 20.3 Å². The van der Waals surface area contributed by atoms with Crippen molar-refractivity contribution >= 4 is 45.6 Å². The van der Waals surface area contributed by atoms with Gasteiger partial charge in [-0.25, -0.2) is 15.0 Å². The van der Waals surface area contributed by atoms with Crippen molar-refractivity contribution in [3.63, 3.8) is 0 Å². The smallest absolute Gasteiger partial charge is 0.226 e. The fourth-order valence-electron chi connectivity index (χ4n) is 3.57. The molecule has 0 unspecified atom stereocenters. The van der Waals surface area contributed by atoms with Crippen LogP contribution in [0, 0.1) is 6.92 Å². The minimum atomic E-state index is -0.0809. The minimum Gasteiger partial charge on any atom is -0.380 e. The quantitative estimate of drug-likeness (QED) is 0.514. The number of amides is 1. The third-order valence-corrected chi connectivity index (χ3v) is 6.17. The number of carbonyl (C=O) groups excluding carboxylic acids is 1. The Kier molecular flexibility index (Phi) is 7.13. The zero-order valence-corrected chi connectivity index (χ0v) is 19.4. The highest BCUT2D eigenvalue weighted by Crippen LogP contribution is 2.25. The van der Waals surface area contributed by atoms with E-state index in [1.54, 1.807) is 37.8 Å². The number of pyridine rings is 1. The Labute approximate surface area is 195 Å². The molecule has 32 heavy (non-hydrogen) atoms. The molecule has 0 aliphatic carbocycles. The van der Waals surface area contributed by atoms with Crippen LogP contribution in [0.3, 0.4) is 0 Å². The first kappa shape index (κ1) is 22.4. The van der Waals surface area contributed by atoms with Gasteiger partial charge >= 0.3 is 0 Å². The van der Waals surface area contributed by atoms with E-state index in [2.05, 4.69) is 35.5 Å². The van der Waals surface area contributed by atoms with Gasteiger partial charge in [-0.2, -0.15) is 0 Å². The summed E-state index contributed by atoms with van der Waals surface area (Å²) in [6, 6.07) is 3.61. The molecule has 0 aromatic carbocycles. The zero-order chi connectivity index (χ0) is 22.5. The topological polar surface area (TPSA) is 105 Å². The summed E-state index contributed by atoms with van der Waals surface area (Å²) in [5.41, 5.74) is 1.56. The van der Waals surface area contributed by atoms with Crippen molar-refractivity contribution in [2.24, 2.45) is 0 Å². The molecule has 9 nitrogen and oxygen atoms in total. The van der Waals surface area contributed by atoms with E-state index >= 15 is 0 Å². The Balaban J connectivity index is 1.32. The van der Waals surface area contributed by atoms with Crippen LogP contribution in [-0.4, -0.2) is 58.2 Å². The second kappa shape index (κ2) is 10.2. The lowest BCUT2D eigenvalue weighted by molar-refractivity contribution is -0.120. The molecule has 1 amide bonds. The van der Waals surface area contributed by atoms with E-state index in [0.29, 0.717) is 28.2 Å². The SMILES string of the molecule is CO[C@@H]1C[C@H](CNC(=O)Cc2csc(Nc3ccc(Cl)cn3)n2)N(c2cncc(C)n2)C1. The van der Waals surface area contributed by atoms with Crippen LogP contribution in [0.5, 0.6) is 0 Å². The maximum atomic E-state index is 12.6. The van der Waals surface area contributed by atoms with E-state index in [1.807, 2.05) is 12.3 Å². The van der Waals surface area contributed by atoms with Crippen molar-refractivity contribution in [3.05, 3.63) is 52.5 Å². The number of hydrogen-bond donors (Lipinski definition) is 2. The number of ether oxygens (including phenoxy) is 1. The normalized spacial score (nSPS) is 18.0. The highest BCUT2D eigenvalue weighted by atomic mass is 35.5. The maximum absolute atomic E-state index is 12.6. The van der Waals surface area contributed by atoms with Gasteiger partial charge in [-0.3, -0.25) is 9.78 Å². The number of hydrogen-bond acceptors (Lipinski definition) is 9. The lowest BCUT2D eigenvalue weighted by Gasteiger charge is -2.25. The monoisotopic (exact) mass is 473 g/mol. The number of rotatable bonds is 8. The Morgan fingerprint density at radius 3 is 2.94 bits per heavy atom. The highest BCUT2D eigenvalue weighted by Gasteiger charge is 2.33. The molecule has 4 heterocycles. The third kappa shape index (κ3) is 5.70. The summed E-state index contributed by atoms with van der Waals surface area (Å²) >= 11 is 7.28. The lowest BCUT2D eigenvalue weighted by atomic mass is 10.2. The molecule has 2 N–H and O–H groups in total. The summed E-state index contributed by atoms with van der Waals surface area (Å²) in [4.78, 5) is 32.2. The van der Waals surface area contributed by atoms with Crippen LogP contribution in [0.2, 0.25) is 5.02 Å². The van der Waals surface area contributed by atoms with Crippen LogP contribution in [0.1, 0.15) is 17.8 Å². The van der Waals surface area contributed by atoms with Crippen LogP contribution >= 0.6 is 22.9 Å². The summed E-state index contributed by atoms with van der Waals surface area (Å²) < 4.78 is 5.55. The molecule has 0 saturated carbocycles. The molecule has 2 atom stereocenters. The van der Waals surface area contributed by atoms with Crippen LogP contribution in [0.15, 0.2) is 36.1 Å². The van der Waals surface area contributed by atoms with Gasteiger partial charge in [-0.05, 0) is 25.5 Å². The first-order valence-corrected chi connectivity index (χ1v) is 11.4. The van der Waals surface area contributed by atoms with Gasteiger partial charge in [0.25, 0.3) is 0 Å². The van der Waals surface area contributed by atoms with Gasteiger partial charge in [0.05, 0.1) is 41.2 Å². The Bertz CT molecular complexity index is 1060. The molecule has 3 aromatic heterocycles. The molecule has 3 aromatic rings. The largest absolute Gasteiger partial charge is 0.380 e. The molecule has 0 bridgehead atoms. The number of nitrogens with one attached hydrogen (secondary N) is 2. The maximum Gasteiger partial charge on any atom is 0.226 e. The predicted octanol–water partition coefficient (Wildman–Crippen LogP) is 2.99. The fraction of sp³-hybridized carbons (Fsp3) is 0.381. The number of thiazole rings is 1. The van der Waals surface area contributed by atoms with E-state index in [-0.39, 0.29) is 24.5 Å². The number of anilines is 3. The Morgan fingerprint density at radius 1 is 1.31 bits per heavy atom. The first-order valence-electron chi connectivity index (χ1n) is 10.2. The van der Waals surface area contributed by atoms with Crippen molar-refractivity contribution in [1.82, 2.24) is 25.3 Å². The lowest BCUT2D eigenvalue weighted by Crippen LogP contribution is -2.41. The molecule has 11 heteroatoms. The van der Waals surface area contributed by atoms with Crippen molar-refractivity contribution < 1.29 is 9.53 Å². The van der Waals surface area contributed by atoms with Crippen LogP contribution in [0.4, 0.5) is 16.8 Å². The molecular weight excluding hydrogens is 450 g/mol. The number of methoxy groups -OCH3 is 1. The number of aryl methyl sites for hydroxylation is 1. The number of carbonyl (C=O) groups is 1. The molecule has 0 spiro atoms. The molecule has 1 fully saturated rings. The molecule has 168 valence electrons. The summed E-state index contributed by atoms with van der Waals surface area (Å²) in [7, 11) is 1.71. The van der Waals surface area contributed by atoms with E-state index in [9.17, 15) is 4.79 Å². The van der Waals surface area contributed by atoms with Gasteiger partial charge in [-0.1, -0.05) is 11.6 Å². The van der Waals surface area contributed by atoms with Crippen molar-refractivity contribution in [3.8, 4) is 0 Å². The molecule has 4 rings (SSSR count). The number of aromatic nitrogens is 4. The van der Waals surface area contributed by atoms with Gasteiger partial charge in [0.15, 0.2) is 5.13 Å². The van der Waals surface area contributed by atoms with Crippen molar-refractivity contribution in [1.29, 1.82) is 0 Å². The fourth-order valence-corrected chi connectivity index (χ4v) is 4.40. The van der Waals surface area contributed by atoms with E-state index in [0.717, 1.165) is 24.5 Å². The number of halogens is 1. The third-order valence-electron chi connectivity index (χ3n) is 5.14. The summed E-state index contributed by atoms with van der Waals surface area (Å²) in [6.07, 6.45) is 6.15. The Hall–Kier alpha value is -2.82. The summed E-state index contributed by atoms with van der Waals surface area (Å²) in [5.74, 6) is 1.37. The van der Waals surface area contributed by atoms with Gasteiger partial charge in [0.2, 0.25) is 5.91 Å². The van der Waals surface area contributed by atoms with Crippen LogP contribution < -0.4 is 15.5 Å². The summed E-state index contributed by atoms with van der Waals surface area (Å²) in [6.45, 7) is 3.13. The van der Waals surface area contributed by atoms with Crippen LogP contribution in [-0.2, 0) is 16.0 Å². The second-order valence-electron chi connectivity index (χ2n) is 7.53. The molecule has 0 radical (unpaired) electrons. The van der Waals surface area contributed by atoms with E-state index < -0.39 is 0 Å². The molecule has 1 aliphatic heterocycles. The van der Waals surface area contributed by atoms with Gasteiger partial charge in [-0.15, -0.1) is 11.3 Å². The Morgan fingerprint density at radius 2 is 2.19 bits per heavy atom. The first-order chi connectivity index (χ1) is 15.5. The van der Waals surface area contributed by atoms with Gasteiger partial charge in [0, 0.05) is 38.0 Å². The van der Waals surface area contributed by atoms with Crippen LogP contribution in [0.25, 0.3) is 0 Å². The zero-order valence-electron chi connectivity index (χ0n) is 17.8.